The van der Waals surface area contributed by atoms with Gasteiger partial charge in [0.1, 0.15) is 5.82 Å². The van der Waals surface area contributed by atoms with Crippen LogP contribution in [-0.4, -0.2) is 71.3 Å². The van der Waals surface area contributed by atoms with Crippen molar-refractivity contribution in [3.63, 3.8) is 0 Å². The van der Waals surface area contributed by atoms with Gasteiger partial charge < -0.3 is 19.3 Å². The highest BCUT2D eigenvalue weighted by atomic mass is 16.5. The zero-order valence-corrected chi connectivity index (χ0v) is 13.8. The zero-order chi connectivity index (χ0) is 16.1. The van der Waals surface area contributed by atoms with Crippen molar-refractivity contribution in [3.05, 3.63) is 6.20 Å². The van der Waals surface area contributed by atoms with Crippen LogP contribution in [0.1, 0.15) is 19.8 Å². The molecule has 0 radical (unpaired) electrons. The lowest BCUT2D eigenvalue weighted by Gasteiger charge is -2.37. The Labute approximate surface area is 140 Å². The van der Waals surface area contributed by atoms with E-state index < -0.39 is 0 Å². The Bertz CT molecular complexity index is 733. The highest BCUT2D eigenvalue weighted by Crippen LogP contribution is 2.35. The molecule has 24 heavy (non-hydrogen) atoms. The molecule has 0 aromatic carbocycles. The number of anilines is 2. The van der Waals surface area contributed by atoms with Crippen molar-refractivity contribution >= 4 is 22.8 Å². The van der Waals surface area contributed by atoms with Crippen LogP contribution in [-0.2, 0) is 9.47 Å². The number of nitrogens with one attached hydrogen (secondary N) is 1. The molecule has 1 N–H and O–H groups in total. The van der Waals surface area contributed by atoms with Gasteiger partial charge in [0, 0.05) is 6.54 Å². The molecule has 0 saturated carbocycles. The third kappa shape index (κ3) is 2.16. The smallest absolute Gasteiger partial charge is 0.230 e. The Morgan fingerprint density at radius 1 is 1.12 bits per heavy atom. The molecule has 2 unspecified atom stereocenters. The first-order valence-electron chi connectivity index (χ1n) is 8.73. The van der Waals surface area contributed by atoms with E-state index in [2.05, 4.69) is 26.9 Å². The first-order valence-corrected chi connectivity index (χ1v) is 8.73. The number of rotatable bonds is 2. The zero-order valence-electron chi connectivity index (χ0n) is 13.8. The number of nitrogens with zero attached hydrogens (tertiary/aromatic N) is 5. The van der Waals surface area contributed by atoms with Crippen molar-refractivity contribution in [3.8, 4) is 0 Å². The SMILES string of the molecule is C[C@@H]1COCCN1c1nc(N2C3CCC2COC3)nc2[nH]ncc12. The van der Waals surface area contributed by atoms with Gasteiger partial charge in [-0.05, 0) is 19.8 Å². The number of hydrogen-bond acceptors (Lipinski definition) is 7. The molecule has 3 fully saturated rings. The Balaban J connectivity index is 1.60. The minimum Gasteiger partial charge on any atom is -0.377 e. The summed E-state index contributed by atoms with van der Waals surface area (Å²) in [4.78, 5) is 14.4. The normalized spacial score (nSPS) is 30.3. The average Bonchev–Trinajstić information content (AvgIpc) is 3.16. The predicted octanol–water partition coefficient (Wildman–Crippen LogP) is 0.946. The molecule has 0 aliphatic carbocycles. The molecule has 3 aliphatic rings. The number of aromatic amines is 1. The van der Waals surface area contributed by atoms with E-state index >= 15 is 0 Å². The third-order valence-electron chi connectivity index (χ3n) is 5.39. The number of fused-ring (bicyclic) bond motifs is 3. The molecule has 2 bridgehead atoms. The highest BCUT2D eigenvalue weighted by molar-refractivity contribution is 5.88. The van der Waals surface area contributed by atoms with Gasteiger partial charge in [-0.2, -0.15) is 15.1 Å². The monoisotopic (exact) mass is 330 g/mol. The Morgan fingerprint density at radius 3 is 2.75 bits per heavy atom. The van der Waals surface area contributed by atoms with E-state index in [0.717, 1.165) is 68.6 Å². The average molecular weight is 330 g/mol. The molecule has 8 nitrogen and oxygen atoms in total. The van der Waals surface area contributed by atoms with Crippen LogP contribution in [0.25, 0.3) is 11.0 Å². The second kappa shape index (κ2) is 5.56. The molecule has 128 valence electrons. The Hall–Kier alpha value is -1.93. The predicted molar refractivity (Wildman–Crippen MR) is 89.4 cm³/mol. The third-order valence-corrected chi connectivity index (χ3v) is 5.39. The van der Waals surface area contributed by atoms with E-state index in [4.69, 9.17) is 19.4 Å². The van der Waals surface area contributed by atoms with E-state index in [1.165, 1.54) is 0 Å². The molecule has 0 spiro atoms. The molecule has 3 atom stereocenters. The largest absolute Gasteiger partial charge is 0.377 e. The van der Waals surface area contributed by atoms with E-state index in [-0.39, 0.29) is 0 Å². The van der Waals surface area contributed by atoms with Gasteiger partial charge in [0.2, 0.25) is 5.95 Å². The van der Waals surface area contributed by atoms with Crippen LogP contribution in [0.2, 0.25) is 0 Å². The fourth-order valence-electron chi connectivity index (χ4n) is 4.14. The molecular formula is C16H22N6O2. The van der Waals surface area contributed by atoms with Crippen molar-refractivity contribution in [1.82, 2.24) is 20.2 Å². The first kappa shape index (κ1) is 14.4. The van der Waals surface area contributed by atoms with Gasteiger partial charge >= 0.3 is 0 Å². The van der Waals surface area contributed by atoms with Gasteiger partial charge in [0.05, 0.1) is 56.1 Å². The fraction of sp³-hybridized carbons (Fsp3) is 0.688. The second-order valence-electron chi connectivity index (χ2n) is 6.93. The fourth-order valence-corrected chi connectivity index (χ4v) is 4.14. The first-order chi connectivity index (χ1) is 11.8. The van der Waals surface area contributed by atoms with Crippen LogP contribution in [0.15, 0.2) is 6.20 Å². The summed E-state index contributed by atoms with van der Waals surface area (Å²) in [5.41, 5.74) is 0.805. The highest BCUT2D eigenvalue weighted by Gasteiger charge is 2.39. The molecular weight excluding hydrogens is 308 g/mol. The number of morpholine rings is 2. The molecule has 2 aromatic rings. The van der Waals surface area contributed by atoms with E-state index in [0.29, 0.717) is 18.1 Å². The Kier molecular flexibility index (Phi) is 3.34. The van der Waals surface area contributed by atoms with Crippen LogP contribution in [0, 0.1) is 0 Å². The lowest BCUT2D eigenvalue weighted by atomic mass is 10.2. The number of hydrogen-bond donors (Lipinski definition) is 1. The standard InChI is InChI=1S/C16H22N6O2/c1-10-7-23-5-4-21(10)15-13-6-17-20-14(13)18-16(19-15)22-11-2-3-12(22)9-24-8-11/h6,10-12H,2-5,7-9H2,1H3,(H,17,18,19,20)/t10-,11?,12?/m1/s1. The molecule has 3 aliphatic heterocycles. The molecule has 5 heterocycles. The van der Waals surface area contributed by atoms with Crippen LogP contribution < -0.4 is 9.80 Å². The maximum Gasteiger partial charge on any atom is 0.230 e. The quantitative estimate of drug-likeness (QED) is 0.878. The van der Waals surface area contributed by atoms with Crippen LogP contribution in [0.4, 0.5) is 11.8 Å². The lowest BCUT2D eigenvalue weighted by Crippen LogP contribution is -2.47. The molecule has 2 aromatic heterocycles. The summed E-state index contributed by atoms with van der Waals surface area (Å²) >= 11 is 0. The van der Waals surface area contributed by atoms with Gasteiger partial charge in [-0.3, -0.25) is 5.10 Å². The Morgan fingerprint density at radius 2 is 1.96 bits per heavy atom. The summed E-state index contributed by atoms with van der Waals surface area (Å²) in [7, 11) is 0. The summed E-state index contributed by atoms with van der Waals surface area (Å²) in [5, 5.41) is 8.20. The van der Waals surface area contributed by atoms with Crippen molar-refractivity contribution in [2.75, 3.05) is 42.8 Å². The topological polar surface area (TPSA) is 79.4 Å². The minimum atomic E-state index is 0.293. The molecule has 3 saturated heterocycles. The van der Waals surface area contributed by atoms with Crippen LogP contribution in [0.5, 0.6) is 0 Å². The summed E-state index contributed by atoms with van der Waals surface area (Å²) in [6, 6.07) is 1.07. The summed E-state index contributed by atoms with van der Waals surface area (Å²) < 4.78 is 11.3. The van der Waals surface area contributed by atoms with Gasteiger partial charge in [-0.1, -0.05) is 0 Å². The molecule has 8 heteroatoms. The van der Waals surface area contributed by atoms with E-state index in [1.54, 1.807) is 0 Å². The summed E-state index contributed by atoms with van der Waals surface area (Å²) in [5.74, 6) is 1.77. The molecule has 5 rings (SSSR count). The number of H-pyrrole nitrogens is 1. The summed E-state index contributed by atoms with van der Waals surface area (Å²) in [6.45, 7) is 6.00. The van der Waals surface area contributed by atoms with Crippen molar-refractivity contribution in [2.45, 2.75) is 37.9 Å². The van der Waals surface area contributed by atoms with Crippen molar-refractivity contribution in [1.29, 1.82) is 0 Å². The van der Waals surface area contributed by atoms with Crippen LogP contribution >= 0.6 is 0 Å². The minimum absolute atomic E-state index is 0.293. The second-order valence-corrected chi connectivity index (χ2v) is 6.93. The molecule has 0 amide bonds. The van der Waals surface area contributed by atoms with E-state index in [1.807, 2.05) is 6.20 Å². The van der Waals surface area contributed by atoms with Crippen LogP contribution in [0.3, 0.4) is 0 Å². The van der Waals surface area contributed by atoms with Gasteiger partial charge in [0.25, 0.3) is 0 Å². The maximum atomic E-state index is 5.70. The number of aromatic nitrogens is 4. The lowest BCUT2D eigenvalue weighted by molar-refractivity contribution is 0.0896. The van der Waals surface area contributed by atoms with Crippen molar-refractivity contribution in [2.24, 2.45) is 0 Å². The van der Waals surface area contributed by atoms with Gasteiger partial charge in [0.15, 0.2) is 5.65 Å². The maximum absolute atomic E-state index is 5.70. The van der Waals surface area contributed by atoms with E-state index in [9.17, 15) is 0 Å². The summed E-state index contributed by atoms with van der Waals surface area (Å²) in [6.07, 6.45) is 4.13. The number of ether oxygens (including phenoxy) is 2. The van der Waals surface area contributed by atoms with Crippen molar-refractivity contribution < 1.29 is 9.47 Å². The van der Waals surface area contributed by atoms with Gasteiger partial charge in [-0.25, -0.2) is 0 Å². The van der Waals surface area contributed by atoms with Gasteiger partial charge in [-0.15, -0.1) is 0 Å².